The fourth-order valence-electron chi connectivity index (χ4n) is 3.39. The monoisotopic (exact) mass is 441 g/mol. The topological polar surface area (TPSA) is 64.5 Å². The van der Waals surface area contributed by atoms with E-state index >= 15 is 0 Å². The van der Waals surface area contributed by atoms with Crippen LogP contribution in [0.3, 0.4) is 0 Å². The van der Waals surface area contributed by atoms with Crippen LogP contribution in [0.5, 0.6) is 11.6 Å². The third-order valence-corrected chi connectivity index (χ3v) is 5.64. The van der Waals surface area contributed by atoms with Crippen LogP contribution in [0.25, 0.3) is 10.8 Å². The summed E-state index contributed by atoms with van der Waals surface area (Å²) < 4.78 is 12.1. The quantitative estimate of drug-likeness (QED) is 0.609. The predicted molar refractivity (Wildman–Crippen MR) is 110 cm³/mol. The van der Waals surface area contributed by atoms with Crippen LogP contribution in [0.2, 0.25) is 0 Å². The second kappa shape index (κ2) is 8.14. The van der Waals surface area contributed by atoms with Gasteiger partial charge in [0.2, 0.25) is 5.88 Å². The number of carbonyl (C=O) groups excluding carboxylic acids is 1. The van der Waals surface area contributed by atoms with E-state index in [2.05, 4.69) is 26.1 Å². The standard InChI is InChI=1S/C21H20BrN3O3/c1-27-16-6-7-19(22)18(12-16)21(26)25-10-8-15(9-11-25)28-20-17-5-3-2-4-14(17)13-23-24-20/h2-7,12-13,15H,8-11H2,1H3. The molecular weight excluding hydrogens is 422 g/mol. The van der Waals surface area contributed by atoms with Gasteiger partial charge in [-0.2, -0.15) is 5.10 Å². The largest absolute Gasteiger partial charge is 0.497 e. The normalized spacial score (nSPS) is 14.9. The fourth-order valence-corrected chi connectivity index (χ4v) is 3.81. The number of rotatable bonds is 4. The van der Waals surface area contributed by atoms with Gasteiger partial charge in [0.1, 0.15) is 11.9 Å². The van der Waals surface area contributed by atoms with Gasteiger partial charge in [-0.25, -0.2) is 0 Å². The third-order valence-electron chi connectivity index (χ3n) is 4.95. The highest BCUT2D eigenvalue weighted by Gasteiger charge is 2.26. The molecule has 1 aliphatic rings. The minimum Gasteiger partial charge on any atom is -0.497 e. The summed E-state index contributed by atoms with van der Waals surface area (Å²) in [5.41, 5.74) is 0.610. The van der Waals surface area contributed by atoms with Crippen LogP contribution in [-0.4, -0.2) is 47.3 Å². The lowest BCUT2D eigenvalue weighted by Crippen LogP contribution is -2.42. The van der Waals surface area contributed by atoms with Crippen LogP contribution >= 0.6 is 15.9 Å². The van der Waals surface area contributed by atoms with E-state index < -0.39 is 0 Å². The summed E-state index contributed by atoms with van der Waals surface area (Å²) in [6.07, 6.45) is 3.24. The number of piperidine rings is 1. The molecule has 0 saturated carbocycles. The van der Waals surface area contributed by atoms with E-state index in [4.69, 9.17) is 9.47 Å². The van der Waals surface area contributed by atoms with Crippen molar-refractivity contribution in [3.63, 3.8) is 0 Å². The average molecular weight is 442 g/mol. The SMILES string of the molecule is COc1ccc(Br)c(C(=O)N2CCC(Oc3nncc4ccccc34)CC2)c1. The fraction of sp³-hybridized carbons (Fsp3) is 0.286. The van der Waals surface area contributed by atoms with Gasteiger partial charge >= 0.3 is 0 Å². The molecule has 0 unspecified atom stereocenters. The van der Waals surface area contributed by atoms with Crippen LogP contribution in [0, 0.1) is 0 Å². The zero-order valence-electron chi connectivity index (χ0n) is 15.5. The number of hydrogen-bond donors (Lipinski definition) is 0. The number of amides is 1. The Hall–Kier alpha value is -2.67. The zero-order valence-corrected chi connectivity index (χ0v) is 17.1. The average Bonchev–Trinajstić information content (AvgIpc) is 2.74. The first-order valence-electron chi connectivity index (χ1n) is 9.15. The van der Waals surface area contributed by atoms with E-state index in [0.717, 1.165) is 28.1 Å². The first kappa shape index (κ1) is 18.7. The summed E-state index contributed by atoms with van der Waals surface area (Å²) in [6.45, 7) is 1.26. The Morgan fingerprint density at radius 2 is 1.96 bits per heavy atom. The maximum absolute atomic E-state index is 12.9. The van der Waals surface area contributed by atoms with Gasteiger partial charge in [-0.3, -0.25) is 4.79 Å². The molecule has 0 radical (unpaired) electrons. The zero-order chi connectivity index (χ0) is 19.5. The number of aromatic nitrogens is 2. The molecule has 0 spiro atoms. The Morgan fingerprint density at radius 3 is 2.75 bits per heavy atom. The molecule has 0 atom stereocenters. The molecular formula is C21H20BrN3O3. The molecule has 1 amide bonds. The predicted octanol–water partition coefficient (Wildman–Crippen LogP) is 4.08. The van der Waals surface area contributed by atoms with Gasteiger partial charge in [0.25, 0.3) is 5.91 Å². The van der Waals surface area contributed by atoms with Crippen LogP contribution in [0.4, 0.5) is 0 Å². The van der Waals surface area contributed by atoms with Gasteiger partial charge in [0.15, 0.2) is 0 Å². The Bertz CT molecular complexity index is 998. The van der Waals surface area contributed by atoms with Gasteiger partial charge in [-0.1, -0.05) is 18.2 Å². The number of ether oxygens (including phenoxy) is 2. The Labute approximate surface area is 171 Å². The van der Waals surface area contributed by atoms with Crippen molar-refractivity contribution in [3.8, 4) is 11.6 Å². The van der Waals surface area contributed by atoms with E-state index in [-0.39, 0.29) is 12.0 Å². The van der Waals surface area contributed by atoms with Crippen molar-refractivity contribution in [2.24, 2.45) is 0 Å². The number of carbonyl (C=O) groups is 1. The van der Waals surface area contributed by atoms with Gasteiger partial charge in [-0.15, -0.1) is 5.10 Å². The highest BCUT2D eigenvalue weighted by atomic mass is 79.9. The van der Waals surface area contributed by atoms with Crippen molar-refractivity contribution >= 4 is 32.6 Å². The molecule has 7 heteroatoms. The molecule has 1 aromatic heterocycles. The third kappa shape index (κ3) is 3.80. The molecule has 0 N–H and O–H groups in total. The molecule has 6 nitrogen and oxygen atoms in total. The summed E-state index contributed by atoms with van der Waals surface area (Å²) in [4.78, 5) is 14.8. The summed E-state index contributed by atoms with van der Waals surface area (Å²) in [6, 6.07) is 13.3. The maximum atomic E-state index is 12.9. The highest BCUT2D eigenvalue weighted by molar-refractivity contribution is 9.10. The number of nitrogens with zero attached hydrogens (tertiary/aromatic N) is 3. The van der Waals surface area contributed by atoms with Crippen LogP contribution in [0.1, 0.15) is 23.2 Å². The number of benzene rings is 2. The van der Waals surface area contributed by atoms with E-state index in [1.165, 1.54) is 0 Å². The minimum atomic E-state index is -0.00539. The van der Waals surface area contributed by atoms with E-state index in [1.807, 2.05) is 41.3 Å². The van der Waals surface area contributed by atoms with Crippen molar-refractivity contribution in [2.45, 2.75) is 18.9 Å². The molecule has 144 valence electrons. The maximum Gasteiger partial charge on any atom is 0.255 e. The number of likely N-dealkylation sites (tertiary alicyclic amines) is 1. The number of hydrogen-bond acceptors (Lipinski definition) is 5. The molecule has 0 bridgehead atoms. The summed E-state index contributed by atoms with van der Waals surface area (Å²) >= 11 is 3.46. The molecule has 1 saturated heterocycles. The smallest absolute Gasteiger partial charge is 0.255 e. The molecule has 2 heterocycles. The molecule has 4 rings (SSSR count). The number of fused-ring (bicyclic) bond motifs is 1. The second-order valence-corrected chi connectivity index (χ2v) is 7.55. The molecule has 28 heavy (non-hydrogen) atoms. The summed E-state index contributed by atoms with van der Waals surface area (Å²) in [5.74, 6) is 1.21. The molecule has 1 aliphatic heterocycles. The van der Waals surface area contributed by atoms with Crippen molar-refractivity contribution in [1.29, 1.82) is 0 Å². The lowest BCUT2D eigenvalue weighted by Gasteiger charge is -2.32. The van der Waals surface area contributed by atoms with Gasteiger partial charge in [0.05, 0.1) is 18.9 Å². The summed E-state index contributed by atoms with van der Waals surface area (Å²) in [5, 5.41) is 10.1. The van der Waals surface area contributed by atoms with E-state index in [0.29, 0.717) is 30.3 Å². The lowest BCUT2D eigenvalue weighted by molar-refractivity contribution is 0.0588. The molecule has 3 aromatic rings. The minimum absolute atomic E-state index is 0.00539. The summed E-state index contributed by atoms with van der Waals surface area (Å²) in [7, 11) is 1.59. The molecule has 2 aromatic carbocycles. The molecule has 1 fully saturated rings. The van der Waals surface area contributed by atoms with Crippen molar-refractivity contribution < 1.29 is 14.3 Å². The van der Waals surface area contributed by atoms with Gasteiger partial charge in [0, 0.05) is 41.2 Å². The first-order chi connectivity index (χ1) is 13.7. The van der Waals surface area contributed by atoms with Crippen molar-refractivity contribution in [1.82, 2.24) is 15.1 Å². The lowest BCUT2D eigenvalue weighted by atomic mass is 10.1. The molecule has 0 aliphatic carbocycles. The van der Waals surface area contributed by atoms with E-state index in [1.54, 1.807) is 19.4 Å². The first-order valence-corrected chi connectivity index (χ1v) is 9.95. The number of methoxy groups -OCH3 is 1. The van der Waals surface area contributed by atoms with Crippen molar-refractivity contribution in [2.75, 3.05) is 20.2 Å². The van der Waals surface area contributed by atoms with E-state index in [9.17, 15) is 4.79 Å². The highest BCUT2D eigenvalue weighted by Crippen LogP contribution is 2.27. The van der Waals surface area contributed by atoms with Crippen LogP contribution < -0.4 is 9.47 Å². The van der Waals surface area contributed by atoms with Crippen LogP contribution in [0.15, 0.2) is 53.1 Å². The van der Waals surface area contributed by atoms with Gasteiger partial charge in [-0.05, 0) is 40.2 Å². The number of halogens is 1. The Balaban J connectivity index is 1.43. The van der Waals surface area contributed by atoms with Crippen molar-refractivity contribution in [3.05, 3.63) is 58.7 Å². The second-order valence-electron chi connectivity index (χ2n) is 6.69. The van der Waals surface area contributed by atoms with Gasteiger partial charge < -0.3 is 14.4 Å². The Kier molecular flexibility index (Phi) is 5.43. The Morgan fingerprint density at radius 1 is 1.18 bits per heavy atom. The van der Waals surface area contributed by atoms with Crippen LogP contribution in [-0.2, 0) is 0 Å².